The molecule has 22 heteroatoms. The van der Waals surface area contributed by atoms with E-state index in [2.05, 4.69) is 82.3 Å². The lowest BCUT2D eigenvalue weighted by Gasteiger charge is -2.27. The smallest absolute Gasteiger partial charge is 0.223 e. The first kappa shape index (κ1) is 57.6. The topological polar surface area (TPSA) is 168 Å². The maximum atomic E-state index is 12.8. The Hall–Kier alpha value is -6.06. The van der Waals surface area contributed by atoms with Crippen LogP contribution in [0.1, 0.15) is 77.1 Å². The molecule has 0 unspecified atom stereocenters. The number of aromatic nitrogens is 6. The van der Waals surface area contributed by atoms with Crippen molar-refractivity contribution in [3.05, 3.63) is 145 Å². The number of carbonyl (C=O) groups excluding carboxylic acids is 3. The van der Waals surface area contributed by atoms with E-state index in [0.29, 0.717) is 60.4 Å². The maximum Gasteiger partial charge on any atom is 0.223 e. The van der Waals surface area contributed by atoms with Crippen LogP contribution in [0.3, 0.4) is 0 Å². The fourth-order valence-corrected chi connectivity index (χ4v) is 11.8. The summed E-state index contributed by atoms with van der Waals surface area (Å²) in [6.45, 7) is 12.1. The molecule has 0 aliphatic carbocycles. The molecule has 3 fully saturated rings. The van der Waals surface area contributed by atoms with E-state index in [9.17, 15) is 14.4 Å². The number of nitrogens with zero attached hydrogens (tertiary/aromatic N) is 8. The summed E-state index contributed by atoms with van der Waals surface area (Å²) in [6, 6.07) is 23.4. The lowest BCUT2D eigenvalue weighted by Crippen LogP contribution is -2.31. The summed E-state index contributed by atoms with van der Waals surface area (Å²) in [5, 5.41) is 16.6. The van der Waals surface area contributed by atoms with Crippen molar-refractivity contribution >= 4 is 105 Å². The summed E-state index contributed by atoms with van der Waals surface area (Å²) in [5.41, 5.74) is 4.55. The molecule has 0 bridgehead atoms. The van der Waals surface area contributed by atoms with Gasteiger partial charge >= 0.3 is 0 Å². The summed E-state index contributed by atoms with van der Waals surface area (Å²) >= 11 is 22.9. The van der Waals surface area contributed by atoms with Gasteiger partial charge in [0.1, 0.15) is 63.6 Å². The van der Waals surface area contributed by atoms with E-state index < -0.39 is 0 Å². The van der Waals surface area contributed by atoms with E-state index >= 15 is 0 Å². The van der Waals surface area contributed by atoms with Gasteiger partial charge in [0.25, 0.3) is 0 Å². The average Bonchev–Trinajstić information content (AvgIpc) is 4.47. The van der Waals surface area contributed by atoms with Gasteiger partial charge in [0.2, 0.25) is 17.7 Å². The van der Waals surface area contributed by atoms with Crippen molar-refractivity contribution in [2.24, 2.45) is 17.8 Å². The zero-order chi connectivity index (χ0) is 56.2. The lowest BCUT2D eigenvalue weighted by atomic mass is 10.0. The Morgan fingerprint density at radius 1 is 0.557 bits per heavy atom. The van der Waals surface area contributed by atoms with Crippen molar-refractivity contribution < 1.29 is 38.1 Å². The quantitative estimate of drug-likeness (QED) is 0.104. The first-order valence-corrected chi connectivity index (χ1v) is 28.9. The highest BCUT2D eigenvalue weighted by Crippen LogP contribution is 2.38. The summed E-state index contributed by atoms with van der Waals surface area (Å²) < 4.78 is 36.7. The molecule has 0 saturated carbocycles. The van der Waals surface area contributed by atoms with E-state index in [0.717, 1.165) is 58.3 Å². The number of nitrogens with one attached hydrogen (secondary N) is 1. The van der Waals surface area contributed by atoms with Gasteiger partial charge in [0.05, 0.1) is 54.9 Å². The molecule has 2 aromatic carbocycles. The molecule has 1 N–H and O–H groups in total. The minimum atomic E-state index is -0.161. The van der Waals surface area contributed by atoms with Gasteiger partial charge in [-0.05, 0) is 142 Å². The molecule has 0 radical (unpaired) electrons. The lowest BCUT2D eigenvalue weighted by molar-refractivity contribution is -0.130. The molecule has 3 aliphatic heterocycles. The van der Waals surface area contributed by atoms with Crippen molar-refractivity contribution in [2.45, 2.75) is 84.3 Å². The number of amides is 3. The molecule has 3 amide bonds. The molecule has 6 aromatic heterocycles. The van der Waals surface area contributed by atoms with Crippen LogP contribution in [0.25, 0.3) is 16.6 Å². The number of methoxy groups -OCH3 is 2. The van der Waals surface area contributed by atoms with Gasteiger partial charge in [0, 0.05) is 88.7 Å². The van der Waals surface area contributed by atoms with Gasteiger partial charge in [0.15, 0.2) is 0 Å². The molecule has 11 rings (SSSR count). The predicted molar refractivity (Wildman–Crippen MR) is 313 cm³/mol. The highest BCUT2D eigenvalue weighted by atomic mass is 79.9. The Labute approximate surface area is 493 Å². The minimum Gasteiger partial charge on any atom is -0.497 e. The number of carbonyl (C=O) groups is 3. The van der Waals surface area contributed by atoms with Gasteiger partial charge in [-0.2, -0.15) is 15.3 Å². The van der Waals surface area contributed by atoms with Gasteiger partial charge in [-0.15, -0.1) is 0 Å². The van der Waals surface area contributed by atoms with E-state index in [1.54, 1.807) is 46.4 Å². The molecule has 0 spiro atoms. The number of benzene rings is 2. The second-order valence-corrected chi connectivity index (χ2v) is 23.5. The largest absolute Gasteiger partial charge is 0.497 e. The molecular formula is C57H60Br3Cl2N9O8. The van der Waals surface area contributed by atoms with Crippen LogP contribution in [0.15, 0.2) is 123 Å². The molecular weight excluding hydrogens is 1250 g/mol. The molecule has 416 valence electrons. The van der Waals surface area contributed by atoms with E-state index in [1.165, 1.54) is 0 Å². The van der Waals surface area contributed by atoms with Gasteiger partial charge in [-0.3, -0.25) is 14.4 Å². The Bertz CT molecular complexity index is 3470. The maximum absolute atomic E-state index is 12.8. The number of hydrogen-bond acceptors (Lipinski definition) is 11. The average molecular weight is 1310 g/mol. The third-order valence-electron chi connectivity index (χ3n) is 14.9. The minimum absolute atomic E-state index is 0.0116. The molecule has 8 atom stereocenters. The number of ether oxygens (including phenoxy) is 5. The Morgan fingerprint density at radius 3 is 1.41 bits per heavy atom. The number of halogens is 5. The summed E-state index contributed by atoms with van der Waals surface area (Å²) in [4.78, 5) is 40.6. The standard InChI is InChI=1S/C22H23BrClN3O3.C22H24BrN3O3.C13H13BrClN3O2/c1-13(15-4-6-18(29-3)7-5-15)26-11-16(8-21(26)28)14(2)30-20-9-17(23)12-27-22(20)19(24)10-25-27;1-14(16-4-6-19(28-3)7-5-16)25-12-17(10-22(25)27)15(2)29-21-11-18(23)13-26-20(21)8-9-24-26;1-7(8-2-12(19)16-4-8)20-11-3-9(14)6-18-13(11)10(15)5-17-18/h4-7,9-10,12-14,16H,8,11H2,1-3H3;4-9,11,13-15,17H,10,12H2,1-3H3;3,5-8H,2,4H2,1H3,(H,16,19)/t13-,14-,16-;14-,15-,17-;7-,8-/m111/s1. The summed E-state index contributed by atoms with van der Waals surface area (Å²) in [6.07, 6.45) is 11.6. The number of likely N-dealkylation sites (tertiary alicyclic amines) is 2. The zero-order valence-electron chi connectivity index (χ0n) is 44.5. The number of rotatable bonds is 15. The Balaban J connectivity index is 0.000000147. The Kier molecular flexibility index (Phi) is 18.4. The third kappa shape index (κ3) is 13.3. The van der Waals surface area contributed by atoms with E-state index in [4.69, 9.17) is 46.9 Å². The van der Waals surface area contributed by atoms with E-state index in [1.807, 2.05) is 122 Å². The van der Waals surface area contributed by atoms with Crippen LogP contribution in [-0.2, 0) is 14.4 Å². The summed E-state index contributed by atoms with van der Waals surface area (Å²) in [7, 11) is 3.29. The second-order valence-electron chi connectivity index (χ2n) is 20.0. The van der Waals surface area contributed by atoms with Crippen molar-refractivity contribution in [1.82, 2.24) is 44.0 Å². The fraction of sp³-hybridized carbons (Fsp3) is 0.368. The number of pyridine rings is 3. The molecule has 8 aromatic rings. The molecule has 9 heterocycles. The van der Waals surface area contributed by atoms with Crippen LogP contribution < -0.4 is 29.0 Å². The number of fused-ring (bicyclic) bond motifs is 3. The van der Waals surface area contributed by atoms with Crippen molar-refractivity contribution in [3.8, 4) is 28.7 Å². The fourth-order valence-electron chi connectivity index (χ4n) is 10.1. The van der Waals surface area contributed by atoms with Gasteiger partial charge in [-0.25, -0.2) is 13.5 Å². The molecule has 17 nitrogen and oxygen atoms in total. The van der Waals surface area contributed by atoms with Crippen LogP contribution in [0.4, 0.5) is 0 Å². The highest BCUT2D eigenvalue weighted by Gasteiger charge is 2.39. The first-order valence-electron chi connectivity index (χ1n) is 25.8. The van der Waals surface area contributed by atoms with Gasteiger partial charge in [-0.1, -0.05) is 47.5 Å². The molecule has 79 heavy (non-hydrogen) atoms. The highest BCUT2D eigenvalue weighted by molar-refractivity contribution is 9.11. The van der Waals surface area contributed by atoms with Crippen molar-refractivity contribution in [3.63, 3.8) is 0 Å². The predicted octanol–water partition coefficient (Wildman–Crippen LogP) is 12.3. The van der Waals surface area contributed by atoms with Crippen LogP contribution in [0, 0.1) is 17.8 Å². The monoisotopic (exact) mass is 1310 g/mol. The van der Waals surface area contributed by atoms with Crippen molar-refractivity contribution in [2.75, 3.05) is 33.9 Å². The third-order valence-corrected chi connectivity index (χ3v) is 16.7. The second kappa shape index (κ2) is 25.2. The van der Waals surface area contributed by atoms with Crippen LogP contribution >= 0.6 is 71.0 Å². The summed E-state index contributed by atoms with van der Waals surface area (Å²) in [5.74, 6) is 4.45. The molecule has 3 saturated heterocycles. The Morgan fingerprint density at radius 2 is 0.975 bits per heavy atom. The zero-order valence-corrected chi connectivity index (χ0v) is 50.8. The molecule has 3 aliphatic rings. The van der Waals surface area contributed by atoms with Gasteiger partial charge < -0.3 is 38.8 Å². The van der Waals surface area contributed by atoms with Crippen LogP contribution in [0.5, 0.6) is 28.7 Å². The normalized spacial score (nSPS) is 19.1. The van der Waals surface area contributed by atoms with Crippen molar-refractivity contribution in [1.29, 1.82) is 0 Å². The first-order chi connectivity index (χ1) is 37.9. The SMILES string of the molecule is COc1ccc([C@@H](C)N2C[C@H]([C@@H](C)Oc3cc(Br)cn4ncc(Cl)c34)CC2=O)cc1.COc1ccc([C@@H](C)N2C[C@H]([C@@H](C)Oc3cc(Br)cn4nccc34)CC2=O)cc1.C[C@@H](Oc1cc(Br)cn2ncc(Cl)c12)[C@H]1CNC(=O)C1. The van der Waals surface area contributed by atoms with Crippen LogP contribution in [0.2, 0.25) is 10.0 Å². The van der Waals surface area contributed by atoms with E-state index in [-0.39, 0.29) is 65.9 Å². The number of hydrogen-bond donors (Lipinski definition) is 1. The van der Waals surface area contributed by atoms with Crippen LogP contribution in [-0.4, -0.2) is 109 Å².